The highest BCUT2D eigenvalue weighted by Gasteiger charge is 2.17. The van der Waals surface area contributed by atoms with E-state index in [1.54, 1.807) is 0 Å². The molecule has 1 nitrogen and oxygen atoms in total. The lowest BCUT2D eigenvalue weighted by atomic mass is 9.83. The van der Waals surface area contributed by atoms with E-state index in [0.29, 0.717) is 5.92 Å². The Hall–Kier alpha value is -1.08. The van der Waals surface area contributed by atoms with Crippen molar-refractivity contribution in [3.63, 3.8) is 0 Å². The largest absolute Gasteiger partial charge is 0.392 e. The third kappa shape index (κ3) is 3.48. The van der Waals surface area contributed by atoms with Gasteiger partial charge in [-0.3, -0.25) is 0 Å². The first-order valence-corrected chi connectivity index (χ1v) is 7.51. The molecule has 1 fully saturated rings. The molecule has 1 N–H and O–H groups in total. The van der Waals surface area contributed by atoms with Crippen LogP contribution in [0.25, 0.3) is 6.08 Å². The van der Waals surface area contributed by atoms with Crippen LogP contribution in [0.5, 0.6) is 0 Å². The van der Waals surface area contributed by atoms with E-state index in [1.165, 1.54) is 59.9 Å². The monoisotopic (exact) mass is 258 g/mol. The average molecular weight is 258 g/mol. The maximum atomic E-state index is 9.69. The molecule has 0 aliphatic heterocycles. The first-order chi connectivity index (χ1) is 9.11. The Labute approximate surface area is 117 Å². The Morgan fingerprint density at radius 2 is 1.68 bits per heavy atom. The van der Waals surface area contributed by atoms with Crippen molar-refractivity contribution in [2.45, 2.75) is 52.9 Å². The van der Waals surface area contributed by atoms with Crippen molar-refractivity contribution in [3.05, 3.63) is 40.0 Å². The van der Waals surface area contributed by atoms with Crippen molar-refractivity contribution < 1.29 is 5.11 Å². The molecule has 0 atom stereocenters. The van der Waals surface area contributed by atoms with E-state index in [1.807, 2.05) is 0 Å². The predicted octanol–water partition coefficient (Wildman–Crippen LogP) is 4.57. The summed E-state index contributed by atoms with van der Waals surface area (Å²) in [6, 6.07) is 4.50. The lowest BCUT2D eigenvalue weighted by Crippen LogP contribution is -2.11. The molecule has 0 bridgehead atoms. The van der Waals surface area contributed by atoms with Gasteiger partial charge in [-0.05, 0) is 67.4 Å². The summed E-state index contributed by atoms with van der Waals surface area (Å²) in [7, 11) is 0. The molecule has 0 aromatic heterocycles. The molecule has 0 spiro atoms. The van der Waals surface area contributed by atoms with Gasteiger partial charge in [-0.25, -0.2) is 0 Å². The van der Waals surface area contributed by atoms with E-state index in [0.717, 1.165) is 0 Å². The van der Waals surface area contributed by atoms with Crippen LogP contribution in [0.1, 0.15) is 54.4 Å². The Balaban J connectivity index is 2.28. The zero-order valence-electron chi connectivity index (χ0n) is 12.5. The quantitative estimate of drug-likeness (QED) is 0.842. The highest BCUT2D eigenvalue weighted by atomic mass is 16.3. The first-order valence-electron chi connectivity index (χ1n) is 7.51. The van der Waals surface area contributed by atoms with Gasteiger partial charge in [-0.15, -0.1) is 0 Å². The summed E-state index contributed by atoms with van der Waals surface area (Å²) in [5.41, 5.74) is 6.49. The van der Waals surface area contributed by atoms with Gasteiger partial charge < -0.3 is 5.11 Å². The fourth-order valence-electron chi connectivity index (χ4n) is 3.10. The number of benzene rings is 1. The molecular formula is C18H26O. The third-order valence-corrected chi connectivity index (χ3v) is 4.54. The standard InChI is InChI=1S/C18H26O/c1-13-9-15(3)17(10-14(13)2)11-18(12-19)16-7-5-4-6-8-16/h9-11,16,19H,4-8,12H2,1-3H3. The Bertz CT molecular complexity index is 465. The van der Waals surface area contributed by atoms with Gasteiger partial charge in [0.1, 0.15) is 0 Å². The summed E-state index contributed by atoms with van der Waals surface area (Å²) in [5.74, 6) is 0.597. The van der Waals surface area contributed by atoms with Crippen molar-refractivity contribution in [2.75, 3.05) is 6.61 Å². The molecule has 1 saturated carbocycles. The van der Waals surface area contributed by atoms with Gasteiger partial charge in [0.15, 0.2) is 0 Å². The van der Waals surface area contributed by atoms with E-state index in [2.05, 4.69) is 39.0 Å². The highest BCUT2D eigenvalue weighted by molar-refractivity contribution is 5.59. The zero-order valence-corrected chi connectivity index (χ0v) is 12.5. The molecule has 0 amide bonds. The molecule has 1 aliphatic rings. The smallest absolute Gasteiger partial charge is 0.0647 e. The van der Waals surface area contributed by atoms with Crippen LogP contribution < -0.4 is 0 Å². The molecule has 19 heavy (non-hydrogen) atoms. The van der Waals surface area contributed by atoms with Gasteiger partial charge in [-0.1, -0.05) is 37.5 Å². The predicted molar refractivity (Wildman–Crippen MR) is 82.3 cm³/mol. The van der Waals surface area contributed by atoms with Gasteiger partial charge in [0.05, 0.1) is 6.61 Å². The number of hydrogen-bond acceptors (Lipinski definition) is 1. The summed E-state index contributed by atoms with van der Waals surface area (Å²) >= 11 is 0. The normalized spacial score (nSPS) is 17.8. The molecule has 1 aromatic carbocycles. The van der Waals surface area contributed by atoms with Crippen molar-refractivity contribution in [3.8, 4) is 0 Å². The third-order valence-electron chi connectivity index (χ3n) is 4.54. The van der Waals surface area contributed by atoms with E-state index in [9.17, 15) is 5.11 Å². The van der Waals surface area contributed by atoms with Gasteiger partial charge >= 0.3 is 0 Å². The maximum absolute atomic E-state index is 9.69. The minimum absolute atomic E-state index is 0.205. The van der Waals surface area contributed by atoms with Crippen LogP contribution in [0.3, 0.4) is 0 Å². The molecule has 104 valence electrons. The number of aliphatic hydroxyl groups excluding tert-OH is 1. The molecular weight excluding hydrogens is 232 g/mol. The molecule has 0 unspecified atom stereocenters. The SMILES string of the molecule is Cc1cc(C)c(C=C(CO)C2CCCCC2)cc1C. The second-order valence-corrected chi connectivity index (χ2v) is 6.01. The van der Waals surface area contributed by atoms with Gasteiger partial charge in [0, 0.05) is 0 Å². The minimum Gasteiger partial charge on any atom is -0.392 e. The van der Waals surface area contributed by atoms with Crippen LogP contribution in [0.15, 0.2) is 17.7 Å². The minimum atomic E-state index is 0.205. The van der Waals surface area contributed by atoms with Crippen molar-refractivity contribution >= 4 is 6.08 Å². The number of hydrogen-bond donors (Lipinski definition) is 1. The van der Waals surface area contributed by atoms with Crippen LogP contribution in [-0.2, 0) is 0 Å². The Morgan fingerprint density at radius 3 is 2.32 bits per heavy atom. The summed E-state index contributed by atoms with van der Waals surface area (Å²) in [4.78, 5) is 0. The van der Waals surface area contributed by atoms with Crippen molar-refractivity contribution in [1.29, 1.82) is 0 Å². The van der Waals surface area contributed by atoms with Crippen LogP contribution in [0.2, 0.25) is 0 Å². The summed E-state index contributed by atoms with van der Waals surface area (Å²) in [5, 5.41) is 9.69. The average Bonchev–Trinajstić information content (AvgIpc) is 2.42. The molecule has 0 radical (unpaired) electrons. The van der Waals surface area contributed by atoms with Crippen LogP contribution >= 0.6 is 0 Å². The Morgan fingerprint density at radius 1 is 1.05 bits per heavy atom. The summed E-state index contributed by atoms with van der Waals surface area (Å²) in [6.45, 7) is 6.68. The van der Waals surface area contributed by atoms with Gasteiger partial charge in [0.25, 0.3) is 0 Å². The maximum Gasteiger partial charge on any atom is 0.0647 e. The summed E-state index contributed by atoms with van der Waals surface area (Å²) in [6.07, 6.45) is 8.71. The van der Waals surface area contributed by atoms with E-state index >= 15 is 0 Å². The van der Waals surface area contributed by atoms with Crippen LogP contribution in [-0.4, -0.2) is 11.7 Å². The van der Waals surface area contributed by atoms with Crippen LogP contribution in [0, 0.1) is 26.7 Å². The van der Waals surface area contributed by atoms with Crippen molar-refractivity contribution in [2.24, 2.45) is 5.92 Å². The number of aliphatic hydroxyl groups is 1. The lowest BCUT2D eigenvalue weighted by Gasteiger charge is -2.24. The molecule has 0 saturated heterocycles. The summed E-state index contributed by atoms with van der Waals surface area (Å²) < 4.78 is 0. The molecule has 1 aromatic rings. The second-order valence-electron chi connectivity index (χ2n) is 6.01. The Kier molecular flexibility index (Phi) is 4.81. The molecule has 2 rings (SSSR count). The van der Waals surface area contributed by atoms with E-state index in [-0.39, 0.29) is 6.61 Å². The second kappa shape index (κ2) is 6.38. The fourth-order valence-corrected chi connectivity index (χ4v) is 3.10. The number of aryl methyl sites for hydroxylation is 3. The molecule has 1 aliphatic carbocycles. The topological polar surface area (TPSA) is 20.2 Å². The van der Waals surface area contributed by atoms with Crippen molar-refractivity contribution in [1.82, 2.24) is 0 Å². The van der Waals surface area contributed by atoms with E-state index in [4.69, 9.17) is 0 Å². The van der Waals surface area contributed by atoms with Gasteiger partial charge in [0.2, 0.25) is 0 Å². The fraction of sp³-hybridized carbons (Fsp3) is 0.556. The van der Waals surface area contributed by atoms with Gasteiger partial charge in [-0.2, -0.15) is 0 Å². The highest BCUT2D eigenvalue weighted by Crippen LogP contribution is 2.31. The first kappa shape index (κ1) is 14.3. The molecule has 0 heterocycles. The van der Waals surface area contributed by atoms with E-state index < -0.39 is 0 Å². The van der Waals surface area contributed by atoms with Crippen LogP contribution in [0.4, 0.5) is 0 Å². The number of rotatable bonds is 3. The zero-order chi connectivity index (χ0) is 13.8. The molecule has 1 heteroatoms. The lowest BCUT2D eigenvalue weighted by molar-refractivity contribution is 0.295.